The lowest BCUT2D eigenvalue weighted by Gasteiger charge is -2.32. The standard InChI is InChI=1S/C14H28N2O2/c1-5-14(6-2,13(17)18)11-16(4)10-12-7-8-15(3)9-12/h12H,5-11H2,1-4H3,(H,17,18). The van der Waals surface area contributed by atoms with E-state index in [2.05, 4.69) is 23.9 Å². The molecule has 1 N–H and O–H groups in total. The van der Waals surface area contributed by atoms with Crippen molar-refractivity contribution in [2.45, 2.75) is 33.1 Å². The molecule has 1 aliphatic heterocycles. The lowest BCUT2D eigenvalue weighted by molar-refractivity contribution is -0.150. The molecule has 1 saturated heterocycles. The summed E-state index contributed by atoms with van der Waals surface area (Å²) in [5, 5.41) is 9.44. The van der Waals surface area contributed by atoms with Crippen LogP contribution in [0.2, 0.25) is 0 Å². The van der Waals surface area contributed by atoms with Crippen molar-refractivity contribution in [1.82, 2.24) is 9.80 Å². The Kier molecular flexibility index (Phi) is 5.60. The van der Waals surface area contributed by atoms with E-state index in [0.29, 0.717) is 25.3 Å². The Morgan fingerprint density at radius 1 is 1.44 bits per heavy atom. The maximum absolute atomic E-state index is 11.5. The van der Waals surface area contributed by atoms with E-state index in [1.165, 1.54) is 13.0 Å². The van der Waals surface area contributed by atoms with Crippen molar-refractivity contribution in [3.63, 3.8) is 0 Å². The van der Waals surface area contributed by atoms with Gasteiger partial charge in [0.1, 0.15) is 0 Å². The fraction of sp³-hybridized carbons (Fsp3) is 0.929. The minimum Gasteiger partial charge on any atom is -0.481 e. The van der Waals surface area contributed by atoms with Gasteiger partial charge in [-0.05, 0) is 45.8 Å². The van der Waals surface area contributed by atoms with Crippen LogP contribution in [0.15, 0.2) is 0 Å². The first-order chi connectivity index (χ1) is 8.43. The minimum absolute atomic E-state index is 0.570. The summed E-state index contributed by atoms with van der Waals surface area (Å²) in [5.41, 5.74) is -0.570. The molecule has 1 unspecified atom stereocenters. The number of carboxylic acids is 1. The summed E-state index contributed by atoms with van der Waals surface area (Å²) in [4.78, 5) is 16.0. The molecule has 0 bridgehead atoms. The molecular weight excluding hydrogens is 228 g/mol. The second-order valence-corrected chi connectivity index (χ2v) is 5.91. The van der Waals surface area contributed by atoms with E-state index in [0.717, 1.165) is 13.1 Å². The van der Waals surface area contributed by atoms with Crippen LogP contribution in [-0.2, 0) is 4.79 Å². The molecule has 4 nitrogen and oxygen atoms in total. The molecule has 0 spiro atoms. The normalized spacial score (nSPS) is 21.7. The van der Waals surface area contributed by atoms with Crippen molar-refractivity contribution >= 4 is 5.97 Å². The second-order valence-electron chi connectivity index (χ2n) is 5.91. The van der Waals surface area contributed by atoms with Crippen LogP contribution in [0.1, 0.15) is 33.1 Å². The third-order valence-electron chi connectivity index (χ3n) is 4.44. The molecule has 1 fully saturated rings. The van der Waals surface area contributed by atoms with E-state index in [1.807, 2.05) is 13.8 Å². The molecule has 1 aliphatic rings. The number of rotatable bonds is 7. The molecule has 4 heteroatoms. The summed E-state index contributed by atoms with van der Waals surface area (Å²) in [7, 11) is 4.21. The number of carbonyl (C=O) groups is 1. The van der Waals surface area contributed by atoms with Crippen LogP contribution in [0.25, 0.3) is 0 Å². The Morgan fingerprint density at radius 3 is 2.44 bits per heavy atom. The van der Waals surface area contributed by atoms with Crippen molar-refractivity contribution in [2.75, 3.05) is 40.3 Å². The van der Waals surface area contributed by atoms with Gasteiger partial charge < -0.3 is 14.9 Å². The molecule has 1 atom stereocenters. The van der Waals surface area contributed by atoms with E-state index < -0.39 is 11.4 Å². The van der Waals surface area contributed by atoms with Crippen LogP contribution in [0.5, 0.6) is 0 Å². The largest absolute Gasteiger partial charge is 0.481 e. The van der Waals surface area contributed by atoms with Crippen LogP contribution in [0.4, 0.5) is 0 Å². The Hall–Kier alpha value is -0.610. The van der Waals surface area contributed by atoms with Crippen molar-refractivity contribution < 1.29 is 9.90 Å². The molecule has 0 aromatic carbocycles. The maximum atomic E-state index is 11.5. The van der Waals surface area contributed by atoms with Gasteiger partial charge in [-0.2, -0.15) is 0 Å². The zero-order valence-corrected chi connectivity index (χ0v) is 12.3. The minimum atomic E-state index is -0.650. The molecule has 1 rings (SSSR count). The summed E-state index contributed by atoms with van der Waals surface area (Å²) < 4.78 is 0. The first kappa shape index (κ1) is 15.4. The average Bonchev–Trinajstić information content (AvgIpc) is 2.71. The highest BCUT2D eigenvalue weighted by molar-refractivity contribution is 5.74. The first-order valence-electron chi connectivity index (χ1n) is 7.04. The van der Waals surface area contributed by atoms with Gasteiger partial charge in [-0.3, -0.25) is 4.79 Å². The van der Waals surface area contributed by atoms with E-state index >= 15 is 0 Å². The Bertz CT molecular complexity index is 277. The topological polar surface area (TPSA) is 43.8 Å². The van der Waals surface area contributed by atoms with Gasteiger partial charge in [0.25, 0.3) is 0 Å². The molecular formula is C14H28N2O2. The molecule has 18 heavy (non-hydrogen) atoms. The van der Waals surface area contributed by atoms with Gasteiger partial charge in [0.15, 0.2) is 0 Å². The average molecular weight is 256 g/mol. The number of carboxylic acid groups (broad SMARTS) is 1. The van der Waals surface area contributed by atoms with Gasteiger partial charge in [-0.15, -0.1) is 0 Å². The number of nitrogens with zero attached hydrogens (tertiary/aromatic N) is 2. The van der Waals surface area contributed by atoms with Crippen LogP contribution in [-0.4, -0.2) is 61.2 Å². The van der Waals surface area contributed by atoms with Crippen molar-refractivity contribution in [3.8, 4) is 0 Å². The monoisotopic (exact) mass is 256 g/mol. The molecule has 0 aliphatic carbocycles. The molecule has 106 valence electrons. The highest BCUT2D eigenvalue weighted by Gasteiger charge is 2.36. The fourth-order valence-electron chi connectivity index (χ4n) is 3.04. The zero-order valence-electron chi connectivity index (χ0n) is 12.3. The first-order valence-corrected chi connectivity index (χ1v) is 7.04. The van der Waals surface area contributed by atoms with Crippen LogP contribution >= 0.6 is 0 Å². The number of hydrogen-bond acceptors (Lipinski definition) is 3. The fourth-order valence-corrected chi connectivity index (χ4v) is 3.04. The predicted molar refractivity (Wildman–Crippen MR) is 73.8 cm³/mol. The lowest BCUT2D eigenvalue weighted by Crippen LogP contribution is -2.42. The van der Waals surface area contributed by atoms with Crippen LogP contribution < -0.4 is 0 Å². The number of aliphatic carboxylic acids is 1. The zero-order chi connectivity index (χ0) is 13.8. The summed E-state index contributed by atoms with van der Waals surface area (Å²) in [5.74, 6) is 0.0445. The molecule has 0 amide bonds. The second kappa shape index (κ2) is 6.53. The third-order valence-corrected chi connectivity index (χ3v) is 4.44. The molecule has 0 radical (unpaired) electrons. The van der Waals surface area contributed by atoms with Gasteiger partial charge >= 0.3 is 5.97 Å². The van der Waals surface area contributed by atoms with Crippen LogP contribution in [0, 0.1) is 11.3 Å². The quantitative estimate of drug-likeness (QED) is 0.754. The highest BCUT2D eigenvalue weighted by Crippen LogP contribution is 2.28. The van der Waals surface area contributed by atoms with Crippen molar-refractivity contribution in [2.24, 2.45) is 11.3 Å². The Labute approximate surface area is 111 Å². The van der Waals surface area contributed by atoms with E-state index in [9.17, 15) is 9.90 Å². The van der Waals surface area contributed by atoms with Gasteiger partial charge in [0.2, 0.25) is 0 Å². The predicted octanol–water partition coefficient (Wildman–Crippen LogP) is 1.76. The SMILES string of the molecule is CCC(CC)(CN(C)CC1CCN(C)C1)C(=O)O. The summed E-state index contributed by atoms with van der Waals surface area (Å²) in [6.07, 6.45) is 2.64. The van der Waals surface area contributed by atoms with Gasteiger partial charge in [-0.1, -0.05) is 13.8 Å². The smallest absolute Gasteiger partial charge is 0.310 e. The maximum Gasteiger partial charge on any atom is 0.310 e. The highest BCUT2D eigenvalue weighted by atomic mass is 16.4. The van der Waals surface area contributed by atoms with Crippen LogP contribution in [0.3, 0.4) is 0 Å². The summed E-state index contributed by atoms with van der Waals surface area (Å²) in [6, 6.07) is 0. The molecule has 0 saturated carbocycles. The summed E-state index contributed by atoms with van der Waals surface area (Å²) in [6.45, 7) is 7.95. The van der Waals surface area contributed by atoms with E-state index in [1.54, 1.807) is 0 Å². The number of hydrogen-bond donors (Lipinski definition) is 1. The lowest BCUT2D eigenvalue weighted by atomic mass is 9.82. The molecule has 0 aromatic heterocycles. The number of likely N-dealkylation sites (tertiary alicyclic amines) is 1. The Morgan fingerprint density at radius 2 is 2.06 bits per heavy atom. The van der Waals surface area contributed by atoms with E-state index in [-0.39, 0.29) is 0 Å². The third kappa shape index (κ3) is 3.69. The van der Waals surface area contributed by atoms with Gasteiger partial charge in [0, 0.05) is 19.6 Å². The summed E-state index contributed by atoms with van der Waals surface area (Å²) >= 11 is 0. The van der Waals surface area contributed by atoms with Gasteiger partial charge in [-0.25, -0.2) is 0 Å². The van der Waals surface area contributed by atoms with Gasteiger partial charge in [0.05, 0.1) is 5.41 Å². The Balaban J connectivity index is 2.51. The molecule has 0 aromatic rings. The van der Waals surface area contributed by atoms with Crippen molar-refractivity contribution in [1.29, 1.82) is 0 Å². The van der Waals surface area contributed by atoms with E-state index in [4.69, 9.17) is 0 Å². The molecule has 1 heterocycles. The van der Waals surface area contributed by atoms with Crippen molar-refractivity contribution in [3.05, 3.63) is 0 Å².